The fourth-order valence-electron chi connectivity index (χ4n) is 3.27. The number of aromatic amines is 1. The van der Waals surface area contributed by atoms with Gasteiger partial charge in [0.25, 0.3) is 5.91 Å². The van der Waals surface area contributed by atoms with E-state index < -0.39 is 5.91 Å². The minimum Gasteiger partial charge on any atom is -0.314 e. The number of Topliss-reactive ketones (excluding diaryl/α,β-unsaturated/α-hetero) is 1. The molecule has 8 heteroatoms. The normalized spacial score (nSPS) is 12.4. The topological polar surface area (TPSA) is 107 Å². The number of nitrogens with zero attached hydrogens (tertiary/aromatic N) is 2. The van der Waals surface area contributed by atoms with Gasteiger partial charge < -0.3 is 15.5 Å². The third-order valence-electron chi connectivity index (χ3n) is 4.75. The Morgan fingerprint density at radius 1 is 0.931 bits per heavy atom. The number of para-hydroxylation sites is 1. The lowest BCUT2D eigenvalue weighted by Crippen LogP contribution is -2.30. The van der Waals surface area contributed by atoms with Crippen molar-refractivity contribution in [2.45, 2.75) is 20.0 Å². The van der Waals surface area contributed by atoms with Crippen molar-refractivity contribution < 1.29 is 14.4 Å². The monoisotopic (exact) mass is 389 g/mol. The number of anilines is 2. The van der Waals surface area contributed by atoms with Crippen LogP contribution >= 0.6 is 0 Å². The fourth-order valence-corrected chi connectivity index (χ4v) is 3.27. The van der Waals surface area contributed by atoms with E-state index in [4.69, 9.17) is 0 Å². The molecular formula is C21H19N5O3. The highest BCUT2D eigenvalue weighted by Crippen LogP contribution is 2.28. The lowest BCUT2D eigenvalue weighted by Gasteiger charge is -2.16. The second-order valence-electron chi connectivity index (χ2n) is 6.74. The van der Waals surface area contributed by atoms with Gasteiger partial charge in [-0.05, 0) is 25.1 Å². The van der Waals surface area contributed by atoms with Gasteiger partial charge in [0.2, 0.25) is 0 Å². The Labute approximate surface area is 166 Å². The molecule has 0 saturated heterocycles. The molecule has 3 amide bonds. The van der Waals surface area contributed by atoms with Gasteiger partial charge >= 0.3 is 6.03 Å². The number of hydrogen-bond donors (Lipinski definition) is 3. The molecule has 146 valence electrons. The molecule has 2 aromatic carbocycles. The second-order valence-corrected chi connectivity index (χ2v) is 6.74. The summed E-state index contributed by atoms with van der Waals surface area (Å²) in [4.78, 5) is 38.6. The smallest absolute Gasteiger partial charge is 0.314 e. The minimum atomic E-state index is -0.419. The molecule has 0 unspecified atom stereocenters. The van der Waals surface area contributed by atoms with Gasteiger partial charge in [0.1, 0.15) is 0 Å². The molecule has 29 heavy (non-hydrogen) atoms. The molecule has 0 aliphatic carbocycles. The number of urea groups is 1. The van der Waals surface area contributed by atoms with Crippen LogP contribution in [0.15, 0.2) is 54.6 Å². The number of amides is 3. The third-order valence-corrected chi connectivity index (χ3v) is 4.75. The Kier molecular flexibility index (Phi) is 4.82. The maximum absolute atomic E-state index is 12.7. The van der Waals surface area contributed by atoms with Gasteiger partial charge in [-0.3, -0.25) is 14.7 Å². The molecule has 1 aliphatic rings. The van der Waals surface area contributed by atoms with Gasteiger partial charge in [0.15, 0.2) is 11.6 Å². The highest BCUT2D eigenvalue weighted by Gasteiger charge is 2.29. The maximum Gasteiger partial charge on any atom is 0.322 e. The summed E-state index contributed by atoms with van der Waals surface area (Å²) in [6.07, 6.45) is 0. The van der Waals surface area contributed by atoms with Gasteiger partial charge in [0, 0.05) is 16.8 Å². The SMILES string of the molecule is CC(=O)c1ccccc1C(=O)Nc1n[nH]c2c1CN(C(=O)Nc1ccccc1)C2. The molecule has 4 rings (SSSR count). The van der Waals surface area contributed by atoms with E-state index >= 15 is 0 Å². The van der Waals surface area contributed by atoms with Crippen molar-refractivity contribution in [2.24, 2.45) is 0 Å². The van der Waals surface area contributed by atoms with E-state index in [1.165, 1.54) is 6.92 Å². The molecule has 0 spiro atoms. The van der Waals surface area contributed by atoms with E-state index in [1.54, 1.807) is 29.2 Å². The summed E-state index contributed by atoms with van der Waals surface area (Å²) < 4.78 is 0. The van der Waals surface area contributed by atoms with Crippen LogP contribution in [-0.2, 0) is 13.1 Å². The van der Waals surface area contributed by atoms with Crippen molar-refractivity contribution in [1.29, 1.82) is 0 Å². The molecule has 8 nitrogen and oxygen atoms in total. The molecule has 0 atom stereocenters. The molecule has 2 heterocycles. The summed E-state index contributed by atoms with van der Waals surface area (Å²) in [6, 6.07) is 15.6. The lowest BCUT2D eigenvalue weighted by molar-refractivity contribution is 0.0985. The molecule has 0 bridgehead atoms. The zero-order valence-corrected chi connectivity index (χ0v) is 15.7. The average molecular weight is 389 g/mol. The number of benzene rings is 2. The van der Waals surface area contributed by atoms with Crippen LogP contribution in [0.25, 0.3) is 0 Å². The van der Waals surface area contributed by atoms with Crippen molar-refractivity contribution in [2.75, 3.05) is 10.6 Å². The first-order chi connectivity index (χ1) is 14.0. The van der Waals surface area contributed by atoms with E-state index in [1.807, 2.05) is 30.3 Å². The van der Waals surface area contributed by atoms with Crippen LogP contribution in [0.1, 0.15) is 38.9 Å². The van der Waals surface area contributed by atoms with Crippen LogP contribution < -0.4 is 10.6 Å². The average Bonchev–Trinajstić information content (AvgIpc) is 3.31. The fraction of sp³-hybridized carbons (Fsp3) is 0.143. The summed E-state index contributed by atoms with van der Waals surface area (Å²) in [5.74, 6) is -0.248. The summed E-state index contributed by atoms with van der Waals surface area (Å²) in [6.45, 7) is 2.09. The number of nitrogens with one attached hydrogen (secondary N) is 3. The van der Waals surface area contributed by atoms with Crippen LogP contribution in [0.4, 0.5) is 16.3 Å². The minimum absolute atomic E-state index is 0.188. The largest absolute Gasteiger partial charge is 0.322 e. The molecular weight excluding hydrogens is 370 g/mol. The number of rotatable bonds is 4. The van der Waals surface area contributed by atoms with Gasteiger partial charge in [-0.1, -0.05) is 36.4 Å². The predicted octanol–water partition coefficient (Wildman–Crippen LogP) is 3.41. The number of carbonyl (C=O) groups excluding carboxylic acids is 3. The van der Waals surface area contributed by atoms with E-state index in [9.17, 15) is 14.4 Å². The predicted molar refractivity (Wildman–Crippen MR) is 108 cm³/mol. The Hall–Kier alpha value is -3.94. The van der Waals surface area contributed by atoms with Crippen molar-refractivity contribution in [3.8, 4) is 0 Å². The zero-order valence-electron chi connectivity index (χ0n) is 15.7. The molecule has 0 radical (unpaired) electrons. The molecule has 0 fully saturated rings. The van der Waals surface area contributed by atoms with Crippen LogP contribution in [0.5, 0.6) is 0 Å². The summed E-state index contributed by atoms with van der Waals surface area (Å²) >= 11 is 0. The van der Waals surface area contributed by atoms with Crippen LogP contribution in [0, 0.1) is 0 Å². The molecule has 1 aromatic heterocycles. The first-order valence-electron chi connectivity index (χ1n) is 9.11. The number of aromatic nitrogens is 2. The van der Waals surface area contributed by atoms with Crippen molar-refractivity contribution >= 4 is 29.2 Å². The summed E-state index contributed by atoms with van der Waals surface area (Å²) in [7, 11) is 0. The van der Waals surface area contributed by atoms with Crippen LogP contribution in [0.3, 0.4) is 0 Å². The Balaban J connectivity index is 1.47. The second kappa shape index (κ2) is 7.59. The first-order valence-corrected chi connectivity index (χ1v) is 9.11. The number of hydrogen-bond acceptors (Lipinski definition) is 4. The van der Waals surface area contributed by atoms with E-state index in [2.05, 4.69) is 20.8 Å². The van der Waals surface area contributed by atoms with E-state index in [0.717, 1.165) is 11.3 Å². The molecule has 1 aliphatic heterocycles. The molecule has 3 aromatic rings. The van der Waals surface area contributed by atoms with Crippen molar-refractivity contribution in [3.63, 3.8) is 0 Å². The van der Waals surface area contributed by atoms with Gasteiger partial charge in [0.05, 0.1) is 24.3 Å². The number of ketones is 1. The quantitative estimate of drug-likeness (QED) is 0.594. The van der Waals surface area contributed by atoms with Crippen LogP contribution in [-0.4, -0.2) is 32.8 Å². The Bertz CT molecular complexity index is 1090. The maximum atomic E-state index is 12.7. The lowest BCUT2D eigenvalue weighted by atomic mass is 10.0. The zero-order chi connectivity index (χ0) is 20.4. The van der Waals surface area contributed by atoms with Crippen LogP contribution in [0.2, 0.25) is 0 Å². The molecule has 3 N–H and O–H groups in total. The highest BCUT2D eigenvalue weighted by molar-refractivity contribution is 6.12. The summed E-state index contributed by atoms with van der Waals surface area (Å²) in [5, 5.41) is 12.6. The number of fused-ring (bicyclic) bond motifs is 1. The van der Waals surface area contributed by atoms with E-state index in [-0.39, 0.29) is 17.4 Å². The highest BCUT2D eigenvalue weighted by atomic mass is 16.2. The van der Waals surface area contributed by atoms with Crippen molar-refractivity contribution in [1.82, 2.24) is 15.1 Å². The Morgan fingerprint density at radius 3 is 2.34 bits per heavy atom. The van der Waals surface area contributed by atoms with Gasteiger partial charge in [-0.25, -0.2) is 4.79 Å². The Morgan fingerprint density at radius 2 is 1.62 bits per heavy atom. The number of H-pyrrole nitrogens is 1. The number of carbonyl (C=O) groups is 3. The standard InChI is InChI=1S/C21H19N5O3/c1-13(27)15-9-5-6-10-16(15)20(28)23-19-17-11-26(12-18(17)24-25-19)21(29)22-14-7-3-2-4-8-14/h2-10H,11-12H2,1H3,(H,22,29)(H2,23,24,25,28). The molecule has 0 saturated carbocycles. The third kappa shape index (κ3) is 3.73. The van der Waals surface area contributed by atoms with E-state index in [0.29, 0.717) is 30.2 Å². The van der Waals surface area contributed by atoms with Crippen molar-refractivity contribution in [3.05, 3.63) is 77.0 Å². The van der Waals surface area contributed by atoms with Gasteiger partial charge in [-0.15, -0.1) is 0 Å². The first kappa shape index (κ1) is 18.4. The summed E-state index contributed by atoms with van der Waals surface area (Å²) in [5.41, 5.74) is 2.86. The van der Waals surface area contributed by atoms with Gasteiger partial charge in [-0.2, -0.15) is 5.10 Å².